The van der Waals surface area contributed by atoms with Gasteiger partial charge in [0.1, 0.15) is 0 Å². The summed E-state index contributed by atoms with van der Waals surface area (Å²) in [7, 11) is 3.91. The monoisotopic (exact) mass is 282 g/mol. The largest absolute Gasteiger partial charge is 0.414 e. The second-order valence-electron chi connectivity index (χ2n) is 4.06. The van der Waals surface area contributed by atoms with Crippen molar-refractivity contribution in [3.8, 4) is 12.3 Å². The summed E-state index contributed by atoms with van der Waals surface area (Å²) in [5, 5.41) is 10.9. The molecular weight excluding hydrogens is 264 g/mol. The molecule has 0 aliphatic rings. The molecule has 0 aliphatic heterocycles. The molecule has 1 aromatic heterocycles. The second-order valence-corrected chi connectivity index (χ2v) is 4.99. The van der Waals surface area contributed by atoms with Crippen LogP contribution in [0.3, 0.4) is 0 Å². The lowest BCUT2D eigenvalue weighted by Crippen LogP contribution is -2.25. The molecule has 0 fully saturated rings. The van der Waals surface area contributed by atoms with Crippen LogP contribution in [-0.2, 0) is 4.79 Å². The maximum absolute atomic E-state index is 11.4. The first-order chi connectivity index (χ1) is 9.08. The van der Waals surface area contributed by atoms with Crippen molar-refractivity contribution in [3.63, 3.8) is 0 Å². The molecule has 0 bridgehead atoms. The maximum Gasteiger partial charge on any atom is 0.277 e. The van der Waals surface area contributed by atoms with E-state index in [0.29, 0.717) is 11.1 Å². The Hall–Kier alpha value is -1.52. The van der Waals surface area contributed by atoms with E-state index in [4.69, 9.17) is 10.8 Å². The summed E-state index contributed by atoms with van der Waals surface area (Å²) in [4.78, 5) is 13.4. The third-order valence-electron chi connectivity index (χ3n) is 2.43. The molecule has 0 aromatic carbocycles. The van der Waals surface area contributed by atoms with E-state index in [-0.39, 0.29) is 24.2 Å². The smallest absolute Gasteiger partial charge is 0.277 e. The summed E-state index contributed by atoms with van der Waals surface area (Å²) in [5.74, 6) is 2.97. The van der Waals surface area contributed by atoms with Crippen molar-refractivity contribution in [1.82, 2.24) is 20.4 Å². The highest BCUT2D eigenvalue weighted by atomic mass is 32.2. The average molecular weight is 282 g/mol. The van der Waals surface area contributed by atoms with Gasteiger partial charge in [0.2, 0.25) is 11.8 Å². The molecule has 6 nitrogen and oxygen atoms in total. The number of nitrogens with one attached hydrogen (secondary N) is 1. The molecule has 1 atom stereocenters. The van der Waals surface area contributed by atoms with Crippen LogP contribution in [0.15, 0.2) is 9.64 Å². The third-order valence-corrected chi connectivity index (χ3v) is 3.25. The molecule has 1 heterocycles. The number of terminal acetylenes is 1. The second kappa shape index (κ2) is 7.81. The molecule has 19 heavy (non-hydrogen) atoms. The van der Waals surface area contributed by atoms with E-state index >= 15 is 0 Å². The van der Waals surface area contributed by atoms with Gasteiger partial charge in [-0.05, 0) is 20.5 Å². The predicted octanol–water partition coefficient (Wildman–Crippen LogP) is 0.924. The van der Waals surface area contributed by atoms with Gasteiger partial charge in [0.05, 0.1) is 18.3 Å². The number of hydrogen-bond acceptors (Lipinski definition) is 6. The van der Waals surface area contributed by atoms with Gasteiger partial charge in [-0.25, -0.2) is 0 Å². The van der Waals surface area contributed by atoms with Crippen molar-refractivity contribution in [2.24, 2.45) is 0 Å². The molecular formula is C12H18N4O2S. The molecule has 104 valence electrons. The van der Waals surface area contributed by atoms with Gasteiger partial charge in [0.25, 0.3) is 5.22 Å². The number of carbonyl (C=O) groups excluding carboxylic acids is 1. The van der Waals surface area contributed by atoms with Crippen LogP contribution in [0.1, 0.15) is 25.3 Å². The van der Waals surface area contributed by atoms with Crippen LogP contribution in [0.4, 0.5) is 0 Å². The Labute approximate surface area is 117 Å². The van der Waals surface area contributed by atoms with Crippen molar-refractivity contribution >= 4 is 17.7 Å². The van der Waals surface area contributed by atoms with Crippen LogP contribution in [0, 0.1) is 12.3 Å². The van der Waals surface area contributed by atoms with E-state index in [9.17, 15) is 4.79 Å². The van der Waals surface area contributed by atoms with Crippen molar-refractivity contribution in [1.29, 1.82) is 0 Å². The predicted molar refractivity (Wildman–Crippen MR) is 73.6 cm³/mol. The van der Waals surface area contributed by atoms with E-state index in [0.717, 1.165) is 6.42 Å². The topological polar surface area (TPSA) is 71.3 Å². The van der Waals surface area contributed by atoms with Crippen LogP contribution >= 0.6 is 11.8 Å². The van der Waals surface area contributed by atoms with E-state index in [1.807, 2.05) is 19.0 Å². The third kappa shape index (κ3) is 4.93. The van der Waals surface area contributed by atoms with Crippen LogP contribution in [0.25, 0.3) is 0 Å². The van der Waals surface area contributed by atoms with Crippen molar-refractivity contribution < 1.29 is 9.21 Å². The summed E-state index contributed by atoms with van der Waals surface area (Å²) < 4.78 is 5.53. The molecule has 0 aliphatic carbocycles. The Balaban J connectivity index is 2.51. The van der Waals surface area contributed by atoms with Crippen molar-refractivity contribution in [2.45, 2.75) is 24.6 Å². The first-order valence-corrected chi connectivity index (χ1v) is 6.89. The van der Waals surface area contributed by atoms with Crippen LogP contribution < -0.4 is 5.32 Å². The Kier molecular flexibility index (Phi) is 6.39. The number of thioether (sulfide) groups is 1. The number of nitrogens with zero attached hydrogens (tertiary/aromatic N) is 3. The van der Waals surface area contributed by atoms with E-state index in [2.05, 4.69) is 28.4 Å². The summed E-state index contributed by atoms with van der Waals surface area (Å²) in [6.07, 6.45) is 5.92. The first kappa shape index (κ1) is 15.5. The highest BCUT2D eigenvalue weighted by Gasteiger charge is 2.19. The van der Waals surface area contributed by atoms with Gasteiger partial charge in [0.15, 0.2) is 0 Å². The quantitative estimate of drug-likeness (QED) is 0.592. The standard InChI is InChI=1S/C12H18N4O2S/c1-5-7-13-10(17)8-19-12-15-14-11(18-12)9(6-2)16(3)4/h1,9H,6-8H2,2-4H3,(H,13,17)/t9-/m1/s1. The molecule has 1 aromatic rings. The lowest BCUT2D eigenvalue weighted by Gasteiger charge is -2.18. The number of amides is 1. The number of hydrogen-bond donors (Lipinski definition) is 1. The fourth-order valence-corrected chi connectivity index (χ4v) is 2.10. The van der Waals surface area contributed by atoms with Gasteiger partial charge in [-0.3, -0.25) is 9.69 Å². The summed E-state index contributed by atoms with van der Waals surface area (Å²) >= 11 is 1.20. The Bertz CT molecular complexity index is 453. The minimum atomic E-state index is -0.151. The maximum atomic E-state index is 11.4. The van der Waals surface area contributed by atoms with Crippen LogP contribution in [-0.4, -0.2) is 47.4 Å². The highest BCUT2D eigenvalue weighted by molar-refractivity contribution is 7.99. The van der Waals surface area contributed by atoms with Gasteiger partial charge in [0, 0.05) is 0 Å². The molecule has 7 heteroatoms. The van der Waals surface area contributed by atoms with Crippen molar-refractivity contribution in [3.05, 3.63) is 5.89 Å². The molecule has 0 radical (unpaired) electrons. The fraction of sp³-hybridized carbons (Fsp3) is 0.583. The van der Waals surface area contributed by atoms with Gasteiger partial charge in [-0.1, -0.05) is 24.6 Å². The summed E-state index contributed by atoms with van der Waals surface area (Å²) in [6.45, 7) is 2.28. The lowest BCUT2D eigenvalue weighted by molar-refractivity contribution is -0.118. The van der Waals surface area contributed by atoms with Gasteiger partial charge >= 0.3 is 0 Å². The van der Waals surface area contributed by atoms with Crippen LogP contribution in [0.2, 0.25) is 0 Å². The highest BCUT2D eigenvalue weighted by Crippen LogP contribution is 2.23. The van der Waals surface area contributed by atoms with Crippen molar-refractivity contribution in [2.75, 3.05) is 26.4 Å². The fourth-order valence-electron chi connectivity index (χ4n) is 1.50. The van der Waals surface area contributed by atoms with Crippen LogP contribution in [0.5, 0.6) is 0 Å². The van der Waals surface area contributed by atoms with Gasteiger partial charge < -0.3 is 9.73 Å². The minimum absolute atomic E-state index is 0.0946. The summed E-state index contributed by atoms with van der Waals surface area (Å²) in [5.41, 5.74) is 0. The van der Waals surface area contributed by atoms with E-state index in [1.165, 1.54) is 11.8 Å². The SMILES string of the molecule is C#CCNC(=O)CSc1nnc([C@@H](CC)N(C)C)o1. The Morgan fingerprint density at radius 1 is 1.58 bits per heavy atom. The first-order valence-electron chi connectivity index (χ1n) is 5.91. The molecule has 0 saturated heterocycles. The lowest BCUT2D eigenvalue weighted by atomic mass is 10.2. The molecule has 1 rings (SSSR count). The minimum Gasteiger partial charge on any atom is -0.414 e. The molecule has 0 spiro atoms. The van der Waals surface area contributed by atoms with E-state index in [1.54, 1.807) is 0 Å². The number of carbonyl (C=O) groups is 1. The molecule has 1 N–H and O–H groups in total. The molecule has 0 unspecified atom stereocenters. The zero-order chi connectivity index (χ0) is 14.3. The number of rotatable bonds is 7. The summed E-state index contributed by atoms with van der Waals surface area (Å²) in [6, 6.07) is 0.0946. The van der Waals surface area contributed by atoms with Gasteiger partial charge in [-0.15, -0.1) is 16.6 Å². The van der Waals surface area contributed by atoms with Gasteiger partial charge in [-0.2, -0.15) is 0 Å². The average Bonchev–Trinajstić information content (AvgIpc) is 2.83. The Morgan fingerprint density at radius 2 is 2.32 bits per heavy atom. The number of aromatic nitrogens is 2. The zero-order valence-corrected chi connectivity index (χ0v) is 12.2. The zero-order valence-electron chi connectivity index (χ0n) is 11.3. The Morgan fingerprint density at radius 3 is 2.89 bits per heavy atom. The molecule has 0 saturated carbocycles. The van der Waals surface area contributed by atoms with E-state index < -0.39 is 0 Å². The normalized spacial score (nSPS) is 12.2. The molecule has 1 amide bonds.